The molecule has 3 rings (SSSR count). The summed E-state index contributed by atoms with van der Waals surface area (Å²) in [7, 11) is 0. The molecule has 0 saturated heterocycles. The maximum absolute atomic E-state index is 12.0. The summed E-state index contributed by atoms with van der Waals surface area (Å²) in [5.41, 5.74) is 1.37. The highest BCUT2D eigenvalue weighted by molar-refractivity contribution is 7.03. The first kappa shape index (κ1) is 14.1. The molecule has 0 amide bonds. The van der Waals surface area contributed by atoms with E-state index < -0.39 is 0 Å². The second kappa shape index (κ2) is 5.89. The number of nitrogens with one attached hydrogen (secondary N) is 1. The van der Waals surface area contributed by atoms with Crippen LogP contribution in [0, 0.1) is 0 Å². The summed E-state index contributed by atoms with van der Waals surface area (Å²) in [6.45, 7) is 0. The van der Waals surface area contributed by atoms with Gasteiger partial charge in [-0.2, -0.15) is 4.37 Å². The van der Waals surface area contributed by atoms with Crippen LogP contribution in [0.4, 0.5) is 11.6 Å². The molecule has 3 aromatic rings. The Labute approximate surface area is 134 Å². The van der Waals surface area contributed by atoms with E-state index in [0.29, 0.717) is 21.7 Å². The molecule has 0 saturated carbocycles. The van der Waals surface area contributed by atoms with Crippen molar-refractivity contribution in [3.05, 3.63) is 68.2 Å². The Balaban J connectivity index is 2.04. The van der Waals surface area contributed by atoms with Gasteiger partial charge in [-0.05, 0) is 36.4 Å². The Morgan fingerprint density at radius 1 is 1.05 bits per heavy atom. The Bertz CT molecular complexity index is 827. The van der Waals surface area contributed by atoms with E-state index in [9.17, 15) is 4.79 Å². The summed E-state index contributed by atoms with van der Waals surface area (Å²) < 4.78 is 5.59. The van der Waals surface area contributed by atoms with Gasteiger partial charge in [0.1, 0.15) is 0 Å². The standard InChI is InChI=1S/C14H9Cl2N3OS/c15-9-5-7-10(8-6-9)17-13-18-21-14(20)19(13)12-4-2-1-3-11(12)16/h1-8H,(H,17,18). The SMILES string of the molecule is O=c1snc(Nc2ccc(Cl)cc2)n1-c1ccccc1Cl. The van der Waals surface area contributed by atoms with Gasteiger partial charge < -0.3 is 5.32 Å². The summed E-state index contributed by atoms with van der Waals surface area (Å²) in [5, 5.41) is 4.22. The van der Waals surface area contributed by atoms with Crippen LogP contribution in [-0.2, 0) is 0 Å². The van der Waals surface area contributed by atoms with Gasteiger partial charge in [-0.15, -0.1) is 0 Å². The van der Waals surface area contributed by atoms with Crippen molar-refractivity contribution in [2.24, 2.45) is 0 Å². The Kier molecular flexibility index (Phi) is 3.96. The van der Waals surface area contributed by atoms with Gasteiger partial charge in [0.05, 0.1) is 10.7 Å². The van der Waals surface area contributed by atoms with Gasteiger partial charge in [0.15, 0.2) is 0 Å². The van der Waals surface area contributed by atoms with Gasteiger partial charge in [0.2, 0.25) is 5.95 Å². The van der Waals surface area contributed by atoms with Crippen LogP contribution >= 0.6 is 34.7 Å². The van der Waals surface area contributed by atoms with Crippen LogP contribution in [0.3, 0.4) is 0 Å². The number of nitrogens with zero attached hydrogens (tertiary/aromatic N) is 2. The molecule has 0 aliphatic heterocycles. The molecular formula is C14H9Cl2N3OS. The molecule has 0 aliphatic rings. The number of rotatable bonds is 3. The number of halogens is 2. The fraction of sp³-hybridized carbons (Fsp3) is 0. The zero-order valence-electron chi connectivity index (χ0n) is 10.6. The molecule has 0 unspecified atom stereocenters. The maximum atomic E-state index is 12.0. The summed E-state index contributed by atoms with van der Waals surface area (Å²) >= 11 is 12.9. The lowest BCUT2D eigenvalue weighted by molar-refractivity contribution is 1.03. The molecule has 1 N–H and O–H groups in total. The second-order valence-electron chi connectivity index (χ2n) is 4.19. The lowest BCUT2D eigenvalue weighted by Gasteiger charge is -2.09. The predicted octanol–water partition coefficient (Wildman–Crippen LogP) is 4.34. The first-order valence-corrected chi connectivity index (χ1v) is 7.54. The minimum atomic E-state index is -0.209. The lowest BCUT2D eigenvalue weighted by Crippen LogP contribution is -2.13. The van der Waals surface area contributed by atoms with E-state index in [0.717, 1.165) is 17.2 Å². The molecule has 0 atom stereocenters. The Morgan fingerprint density at radius 2 is 1.76 bits per heavy atom. The van der Waals surface area contributed by atoms with Crippen LogP contribution < -0.4 is 10.2 Å². The third-order valence-corrected chi connectivity index (χ3v) is 3.97. The topological polar surface area (TPSA) is 46.9 Å². The van der Waals surface area contributed by atoms with E-state index in [-0.39, 0.29) is 4.87 Å². The monoisotopic (exact) mass is 337 g/mol. The Morgan fingerprint density at radius 3 is 2.48 bits per heavy atom. The van der Waals surface area contributed by atoms with E-state index in [4.69, 9.17) is 23.2 Å². The van der Waals surface area contributed by atoms with Crippen LogP contribution in [0.5, 0.6) is 0 Å². The van der Waals surface area contributed by atoms with E-state index in [1.165, 1.54) is 4.57 Å². The van der Waals surface area contributed by atoms with Gasteiger partial charge >= 0.3 is 4.87 Å². The summed E-state index contributed by atoms with van der Waals surface area (Å²) in [5.74, 6) is 0.417. The van der Waals surface area contributed by atoms with Crippen molar-refractivity contribution in [3.63, 3.8) is 0 Å². The minimum Gasteiger partial charge on any atom is -0.324 e. The predicted molar refractivity (Wildman–Crippen MR) is 87.5 cm³/mol. The molecule has 0 aliphatic carbocycles. The smallest absolute Gasteiger partial charge is 0.324 e. The van der Waals surface area contributed by atoms with Crippen molar-refractivity contribution in [3.8, 4) is 5.69 Å². The van der Waals surface area contributed by atoms with Gasteiger partial charge in [-0.25, -0.2) is 4.57 Å². The largest absolute Gasteiger partial charge is 0.332 e. The minimum absolute atomic E-state index is 0.209. The van der Waals surface area contributed by atoms with Crippen LogP contribution in [0.15, 0.2) is 53.3 Å². The molecule has 0 fully saturated rings. The van der Waals surface area contributed by atoms with E-state index >= 15 is 0 Å². The lowest BCUT2D eigenvalue weighted by atomic mass is 10.3. The number of hydrogen-bond donors (Lipinski definition) is 1. The average Bonchev–Trinajstić information content (AvgIpc) is 2.83. The van der Waals surface area contributed by atoms with E-state index in [2.05, 4.69) is 9.69 Å². The molecule has 21 heavy (non-hydrogen) atoms. The third kappa shape index (κ3) is 2.95. The van der Waals surface area contributed by atoms with Crippen molar-refractivity contribution in [2.45, 2.75) is 0 Å². The molecule has 0 radical (unpaired) electrons. The van der Waals surface area contributed by atoms with Crippen molar-refractivity contribution in [1.82, 2.24) is 8.94 Å². The number of benzene rings is 2. The van der Waals surface area contributed by atoms with Crippen molar-refractivity contribution in [1.29, 1.82) is 0 Å². The van der Waals surface area contributed by atoms with Crippen LogP contribution in [-0.4, -0.2) is 8.94 Å². The number of anilines is 2. The highest BCUT2D eigenvalue weighted by Gasteiger charge is 2.13. The molecule has 1 aromatic heterocycles. The quantitative estimate of drug-likeness (QED) is 0.773. The fourth-order valence-electron chi connectivity index (χ4n) is 1.84. The van der Waals surface area contributed by atoms with Crippen LogP contribution in [0.2, 0.25) is 10.0 Å². The molecule has 0 spiro atoms. The second-order valence-corrected chi connectivity index (χ2v) is 5.75. The normalized spacial score (nSPS) is 10.6. The summed E-state index contributed by atoms with van der Waals surface area (Å²) in [6, 6.07) is 14.3. The first-order chi connectivity index (χ1) is 10.1. The molecule has 2 aromatic carbocycles. The van der Waals surface area contributed by atoms with Crippen molar-refractivity contribution < 1.29 is 0 Å². The summed E-state index contributed by atoms with van der Waals surface area (Å²) in [4.78, 5) is 11.8. The van der Waals surface area contributed by atoms with Gasteiger partial charge in [0, 0.05) is 22.2 Å². The zero-order valence-corrected chi connectivity index (χ0v) is 12.9. The van der Waals surface area contributed by atoms with Crippen molar-refractivity contribution in [2.75, 3.05) is 5.32 Å². The van der Waals surface area contributed by atoms with Crippen LogP contribution in [0.25, 0.3) is 5.69 Å². The maximum Gasteiger partial charge on any atom is 0.332 e. The third-order valence-electron chi connectivity index (χ3n) is 2.80. The molecule has 0 bridgehead atoms. The number of aromatic nitrogens is 2. The van der Waals surface area contributed by atoms with Gasteiger partial charge in [-0.3, -0.25) is 4.79 Å². The Hall–Kier alpha value is -1.82. The molecule has 7 heteroatoms. The van der Waals surface area contributed by atoms with E-state index in [1.807, 2.05) is 24.3 Å². The van der Waals surface area contributed by atoms with Gasteiger partial charge in [0.25, 0.3) is 0 Å². The van der Waals surface area contributed by atoms with Crippen molar-refractivity contribution >= 4 is 46.4 Å². The zero-order chi connectivity index (χ0) is 14.8. The number of para-hydroxylation sites is 1. The highest BCUT2D eigenvalue weighted by Crippen LogP contribution is 2.24. The summed E-state index contributed by atoms with van der Waals surface area (Å²) in [6.07, 6.45) is 0. The highest BCUT2D eigenvalue weighted by atomic mass is 35.5. The first-order valence-electron chi connectivity index (χ1n) is 6.01. The number of hydrogen-bond acceptors (Lipinski definition) is 4. The van der Waals surface area contributed by atoms with Crippen LogP contribution in [0.1, 0.15) is 0 Å². The molecule has 1 heterocycles. The molecule has 4 nitrogen and oxygen atoms in total. The fourth-order valence-corrected chi connectivity index (χ4v) is 2.74. The van der Waals surface area contributed by atoms with Gasteiger partial charge in [-0.1, -0.05) is 35.3 Å². The average molecular weight is 338 g/mol. The molecule has 106 valence electrons. The molecular weight excluding hydrogens is 329 g/mol. The van der Waals surface area contributed by atoms with E-state index in [1.54, 1.807) is 24.3 Å².